The van der Waals surface area contributed by atoms with Gasteiger partial charge in [-0.2, -0.15) is 4.98 Å². The molecule has 7 heteroatoms. The van der Waals surface area contributed by atoms with E-state index < -0.39 is 0 Å². The van der Waals surface area contributed by atoms with Crippen molar-refractivity contribution in [2.45, 2.75) is 10.6 Å². The van der Waals surface area contributed by atoms with Crippen LogP contribution in [-0.2, 0) is 5.75 Å². The maximum atomic E-state index is 9.72. The lowest BCUT2D eigenvalue weighted by Crippen LogP contribution is -1.86. The van der Waals surface area contributed by atoms with Gasteiger partial charge in [-0.1, -0.05) is 17.3 Å². The number of pyridine rings is 1. The molecule has 2 aromatic heterocycles. The molecule has 0 atom stereocenters. The van der Waals surface area contributed by atoms with Crippen molar-refractivity contribution in [1.29, 1.82) is 0 Å². The normalized spacial score (nSPS) is 10.7. The van der Waals surface area contributed by atoms with Crippen LogP contribution in [0.5, 0.6) is 5.75 Å². The van der Waals surface area contributed by atoms with Crippen molar-refractivity contribution in [3.05, 3.63) is 52.9 Å². The average Bonchev–Trinajstić information content (AvgIpc) is 2.96. The van der Waals surface area contributed by atoms with Gasteiger partial charge in [0.1, 0.15) is 5.75 Å². The highest BCUT2D eigenvalue weighted by molar-refractivity contribution is 9.10. The minimum Gasteiger partial charge on any atom is -0.505 e. The Morgan fingerprint density at radius 1 is 1.19 bits per heavy atom. The number of aromatic nitrogens is 3. The Balaban J connectivity index is 1.74. The maximum Gasteiger partial charge on any atom is 0.280 e. The highest BCUT2D eigenvalue weighted by Crippen LogP contribution is 2.30. The number of rotatable bonds is 4. The molecule has 0 fully saturated rings. The van der Waals surface area contributed by atoms with Gasteiger partial charge >= 0.3 is 0 Å². The van der Waals surface area contributed by atoms with E-state index in [2.05, 4.69) is 31.1 Å². The second kappa shape index (κ2) is 6.28. The fourth-order valence-corrected chi connectivity index (χ4v) is 3.09. The van der Waals surface area contributed by atoms with E-state index in [9.17, 15) is 5.11 Å². The molecule has 106 valence electrons. The van der Waals surface area contributed by atoms with Crippen molar-refractivity contribution in [3.63, 3.8) is 0 Å². The lowest BCUT2D eigenvalue weighted by Gasteiger charge is -2.00. The SMILES string of the molecule is Oc1cccnc1-c1nc(CSc2ccccc2Br)no1. The molecule has 3 aromatic rings. The van der Waals surface area contributed by atoms with Crippen LogP contribution in [0.4, 0.5) is 0 Å². The average molecular weight is 364 g/mol. The van der Waals surface area contributed by atoms with Gasteiger partial charge in [-0.05, 0) is 40.2 Å². The summed E-state index contributed by atoms with van der Waals surface area (Å²) < 4.78 is 6.17. The molecular formula is C14H10BrN3O2S. The number of halogens is 1. The van der Waals surface area contributed by atoms with Gasteiger partial charge in [0.2, 0.25) is 0 Å². The Kier molecular flexibility index (Phi) is 4.21. The van der Waals surface area contributed by atoms with E-state index in [1.54, 1.807) is 24.0 Å². The number of benzene rings is 1. The molecule has 0 bridgehead atoms. The van der Waals surface area contributed by atoms with E-state index in [-0.39, 0.29) is 11.6 Å². The zero-order chi connectivity index (χ0) is 14.7. The number of thioether (sulfide) groups is 1. The van der Waals surface area contributed by atoms with Crippen LogP contribution in [0.2, 0.25) is 0 Å². The predicted octanol–water partition coefficient (Wildman–Crippen LogP) is 3.89. The molecule has 0 amide bonds. The van der Waals surface area contributed by atoms with Crippen molar-refractivity contribution in [3.8, 4) is 17.3 Å². The van der Waals surface area contributed by atoms with Crippen LogP contribution in [0.1, 0.15) is 5.82 Å². The van der Waals surface area contributed by atoms with Crippen molar-refractivity contribution in [2.75, 3.05) is 0 Å². The number of nitrogens with zero attached hydrogens (tertiary/aromatic N) is 3. The molecule has 0 unspecified atom stereocenters. The summed E-state index contributed by atoms with van der Waals surface area (Å²) in [7, 11) is 0. The minimum atomic E-state index is 0.0196. The van der Waals surface area contributed by atoms with Gasteiger partial charge in [0.05, 0.1) is 5.75 Å². The second-order valence-corrected chi connectivity index (χ2v) is 5.98. The fraction of sp³-hybridized carbons (Fsp3) is 0.0714. The first-order chi connectivity index (χ1) is 10.2. The monoisotopic (exact) mass is 363 g/mol. The quantitative estimate of drug-likeness (QED) is 0.708. The van der Waals surface area contributed by atoms with E-state index in [1.165, 1.54) is 6.07 Å². The standard InChI is InChI=1S/C14H10BrN3O2S/c15-9-4-1-2-6-11(9)21-8-12-17-14(20-18-12)13-10(19)5-3-7-16-13/h1-7,19H,8H2. The Bertz CT molecular complexity index is 763. The lowest BCUT2D eigenvalue weighted by atomic mass is 10.3. The van der Waals surface area contributed by atoms with Crippen LogP contribution >= 0.6 is 27.7 Å². The van der Waals surface area contributed by atoms with E-state index in [0.29, 0.717) is 17.3 Å². The lowest BCUT2D eigenvalue weighted by molar-refractivity contribution is 0.417. The Morgan fingerprint density at radius 2 is 2.05 bits per heavy atom. The number of hydrogen-bond acceptors (Lipinski definition) is 6. The molecule has 0 saturated heterocycles. The zero-order valence-electron chi connectivity index (χ0n) is 10.7. The van der Waals surface area contributed by atoms with Crippen molar-refractivity contribution >= 4 is 27.7 Å². The van der Waals surface area contributed by atoms with Gasteiger partial charge in [0.15, 0.2) is 11.5 Å². The molecule has 1 aromatic carbocycles. The molecule has 0 aliphatic heterocycles. The largest absolute Gasteiger partial charge is 0.505 e. The van der Waals surface area contributed by atoms with Gasteiger partial charge in [0, 0.05) is 15.6 Å². The third-order valence-electron chi connectivity index (χ3n) is 2.65. The first-order valence-electron chi connectivity index (χ1n) is 6.08. The van der Waals surface area contributed by atoms with Crippen LogP contribution in [0.15, 0.2) is 56.5 Å². The highest BCUT2D eigenvalue weighted by Gasteiger charge is 2.14. The summed E-state index contributed by atoms with van der Waals surface area (Å²) in [6.07, 6.45) is 1.56. The first kappa shape index (κ1) is 14.1. The summed E-state index contributed by atoms with van der Waals surface area (Å²) in [6, 6.07) is 11.1. The summed E-state index contributed by atoms with van der Waals surface area (Å²) in [4.78, 5) is 9.38. The smallest absolute Gasteiger partial charge is 0.280 e. The van der Waals surface area contributed by atoms with Crippen LogP contribution in [0, 0.1) is 0 Å². The van der Waals surface area contributed by atoms with Crippen LogP contribution in [-0.4, -0.2) is 20.2 Å². The molecule has 0 radical (unpaired) electrons. The third kappa shape index (κ3) is 3.25. The summed E-state index contributed by atoms with van der Waals surface area (Å²) >= 11 is 5.09. The van der Waals surface area contributed by atoms with E-state index >= 15 is 0 Å². The number of hydrogen-bond donors (Lipinski definition) is 1. The Hall–Kier alpha value is -1.86. The van der Waals surface area contributed by atoms with Gasteiger partial charge in [0.25, 0.3) is 5.89 Å². The predicted molar refractivity (Wildman–Crippen MR) is 82.9 cm³/mol. The first-order valence-corrected chi connectivity index (χ1v) is 7.86. The van der Waals surface area contributed by atoms with Crippen molar-refractivity contribution in [1.82, 2.24) is 15.1 Å². The van der Waals surface area contributed by atoms with Crippen molar-refractivity contribution in [2.24, 2.45) is 0 Å². The van der Waals surface area contributed by atoms with Gasteiger partial charge in [-0.25, -0.2) is 4.98 Å². The van der Waals surface area contributed by atoms with E-state index in [1.807, 2.05) is 24.3 Å². The van der Waals surface area contributed by atoms with Crippen LogP contribution < -0.4 is 0 Å². The topological polar surface area (TPSA) is 72.0 Å². The Morgan fingerprint density at radius 3 is 2.86 bits per heavy atom. The van der Waals surface area contributed by atoms with E-state index in [4.69, 9.17) is 4.52 Å². The molecule has 0 saturated carbocycles. The Labute approximate surface area is 133 Å². The van der Waals surface area contributed by atoms with E-state index in [0.717, 1.165) is 9.37 Å². The highest BCUT2D eigenvalue weighted by atomic mass is 79.9. The molecule has 0 aliphatic rings. The summed E-state index contributed by atoms with van der Waals surface area (Å²) in [5.41, 5.74) is 0.294. The van der Waals surface area contributed by atoms with Gasteiger partial charge in [-0.15, -0.1) is 11.8 Å². The molecule has 21 heavy (non-hydrogen) atoms. The molecule has 0 spiro atoms. The minimum absolute atomic E-state index is 0.0196. The van der Waals surface area contributed by atoms with Gasteiger partial charge in [-0.3, -0.25) is 0 Å². The summed E-state index contributed by atoms with van der Waals surface area (Å²) in [5, 5.41) is 13.6. The second-order valence-electron chi connectivity index (χ2n) is 4.11. The summed E-state index contributed by atoms with van der Waals surface area (Å²) in [5.74, 6) is 1.36. The van der Waals surface area contributed by atoms with Crippen LogP contribution in [0.25, 0.3) is 11.6 Å². The molecule has 0 aliphatic carbocycles. The van der Waals surface area contributed by atoms with Crippen molar-refractivity contribution < 1.29 is 9.63 Å². The maximum absolute atomic E-state index is 9.72. The van der Waals surface area contributed by atoms with Gasteiger partial charge < -0.3 is 9.63 Å². The fourth-order valence-electron chi connectivity index (χ4n) is 1.67. The third-order valence-corrected chi connectivity index (χ3v) is 4.67. The molecule has 2 heterocycles. The molecular weight excluding hydrogens is 354 g/mol. The number of aromatic hydroxyl groups is 1. The molecule has 3 rings (SSSR count). The molecule has 1 N–H and O–H groups in total. The summed E-state index contributed by atoms with van der Waals surface area (Å²) in [6.45, 7) is 0. The van der Waals surface area contributed by atoms with Crippen LogP contribution in [0.3, 0.4) is 0 Å². The zero-order valence-corrected chi connectivity index (χ0v) is 13.1. The molecule has 5 nitrogen and oxygen atoms in total.